The molecule has 3 rings (SSSR count). The van der Waals surface area contributed by atoms with E-state index in [-0.39, 0.29) is 13.0 Å². The molecule has 0 saturated heterocycles. The molecule has 2 heterocycles. The van der Waals surface area contributed by atoms with E-state index in [1.165, 1.54) is 12.5 Å². The molecule has 1 aromatic rings. The SMILES string of the molecule is CN1CC(c2ncco2)=CC(N(C=O)OC(F)(F)C(=O)OC2CCCCC2)C1. The third-order valence-corrected chi connectivity index (χ3v) is 4.75. The molecule has 0 bridgehead atoms. The average molecular weight is 399 g/mol. The van der Waals surface area contributed by atoms with Gasteiger partial charge in [0.05, 0.1) is 12.2 Å². The monoisotopic (exact) mass is 399 g/mol. The second-order valence-corrected chi connectivity index (χ2v) is 7.03. The highest BCUT2D eigenvalue weighted by molar-refractivity contribution is 5.76. The van der Waals surface area contributed by atoms with Gasteiger partial charge in [0.1, 0.15) is 12.4 Å². The first kappa shape index (κ1) is 20.4. The van der Waals surface area contributed by atoms with Crippen molar-refractivity contribution in [3.05, 3.63) is 24.4 Å². The molecule has 28 heavy (non-hydrogen) atoms. The number of halogens is 2. The lowest BCUT2D eigenvalue weighted by Crippen LogP contribution is -2.49. The number of oxazole rings is 1. The summed E-state index contributed by atoms with van der Waals surface area (Å²) in [5.41, 5.74) is 0.618. The van der Waals surface area contributed by atoms with E-state index in [0.717, 1.165) is 19.3 Å². The number of esters is 1. The van der Waals surface area contributed by atoms with E-state index in [1.807, 2.05) is 0 Å². The van der Waals surface area contributed by atoms with Gasteiger partial charge in [-0.25, -0.2) is 14.8 Å². The number of ether oxygens (including phenoxy) is 1. The van der Waals surface area contributed by atoms with Crippen LogP contribution in [0, 0.1) is 0 Å². The predicted octanol–water partition coefficient (Wildman–Crippen LogP) is 2.23. The van der Waals surface area contributed by atoms with Gasteiger partial charge in [0.25, 0.3) is 0 Å². The van der Waals surface area contributed by atoms with E-state index >= 15 is 0 Å². The Morgan fingerprint density at radius 2 is 2.14 bits per heavy atom. The highest BCUT2D eigenvalue weighted by Gasteiger charge is 2.47. The zero-order valence-corrected chi connectivity index (χ0v) is 15.6. The highest BCUT2D eigenvalue weighted by Crippen LogP contribution is 2.27. The molecule has 1 aliphatic heterocycles. The largest absolute Gasteiger partial charge is 0.477 e. The lowest BCUT2D eigenvalue weighted by molar-refractivity contribution is -0.335. The second kappa shape index (κ2) is 8.78. The van der Waals surface area contributed by atoms with Gasteiger partial charge in [0, 0.05) is 18.7 Å². The molecule has 1 atom stereocenters. The molecule has 0 radical (unpaired) electrons. The fourth-order valence-electron chi connectivity index (χ4n) is 3.43. The molecular formula is C18H23F2N3O5. The summed E-state index contributed by atoms with van der Waals surface area (Å²) in [5, 5.41) is 0.431. The van der Waals surface area contributed by atoms with Gasteiger partial charge in [0.2, 0.25) is 12.3 Å². The van der Waals surface area contributed by atoms with Gasteiger partial charge in [-0.1, -0.05) is 6.42 Å². The number of hydrogen-bond donors (Lipinski definition) is 0. The number of nitrogens with zero attached hydrogens (tertiary/aromatic N) is 3. The van der Waals surface area contributed by atoms with Crippen molar-refractivity contribution in [2.45, 2.75) is 50.4 Å². The third-order valence-electron chi connectivity index (χ3n) is 4.75. The Morgan fingerprint density at radius 3 is 2.79 bits per heavy atom. The van der Waals surface area contributed by atoms with Gasteiger partial charge in [-0.15, -0.1) is 0 Å². The molecule has 1 aromatic heterocycles. The van der Waals surface area contributed by atoms with Crippen molar-refractivity contribution < 1.29 is 32.4 Å². The number of carbonyl (C=O) groups excluding carboxylic acids is 2. The van der Waals surface area contributed by atoms with Crippen molar-refractivity contribution in [3.8, 4) is 0 Å². The standard InChI is InChI=1S/C18H23F2N3O5/c1-22-10-13(16-21-7-8-26-16)9-14(11-22)23(12-24)28-18(19,20)17(25)27-15-5-3-2-4-6-15/h7-9,12,14-15H,2-6,10-11H2,1H3. The zero-order chi connectivity index (χ0) is 20.1. The molecule has 1 saturated carbocycles. The van der Waals surface area contributed by atoms with Gasteiger partial charge < -0.3 is 9.15 Å². The molecule has 1 amide bonds. The number of rotatable bonds is 7. The Balaban J connectivity index is 1.68. The quantitative estimate of drug-likeness (QED) is 0.395. The van der Waals surface area contributed by atoms with Crippen molar-refractivity contribution in [2.75, 3.05) is 20.1 Å². The van der Waals surface area contributed by atoms with Crippen molar-refractivity contribution in [3.63, 3.8) is 0 Å². The molecule has 8 nitrogen and oxygen atoms in total. The van der Waals surface area contributed by atoms with Crippen molar-refractivity contribution >= 4 is 18.0 Å². The molecule has 0 spiro atoms. The lowest BCUT2D eigenvalue weighted by Gasteiger charge is -2.34. The van der Waals surface area contributed by atoms with Crippen LogP contribution in [0.25, 0.3) is 5.57 Å². The van der Waals surface area contributed by atoms with E-state index in [0.29, 0.717) is 35.9 Å². The highest BCUT2D eigenvalue weighted by atomic mass is 19.3. The van der Waals surface area contributed by atoms with E-state index < -0.39 is 24.2 Å². The van der Waals surface area contributed by atoms with Crippen LogP contribution in [-0.4, -0.2) is 65.7 Å². The molecule has 1 aliphatic carbocycles. The maximum atomic E-state index is 14.3. The normalized spacial score (nSPS) is 21.8. The fourth-order valence-corrected chi connectivity index (χ4v) is 3.43. The van der Waals surface area contributed by atoms with Crippen LogP contribution in [-0.2, 0) is 19.2 Å². The summed E-state index contributed by atoms with van der Waals surface area (Å²) in [6.07, 6.45) is 3.47. The number of hydroxylamine groups is 2. The number of alkyl halides is 2. The number of likely N-dealkylation sites (N-methyl/N-ethyl adjacent to an activating group) is 1. The van der Waals surface area contributed by atoms with Gasteiger partial charge >= 0.3 is 12.1 Å². The van der Waals surface area contributed by atoms with Crippen LogP contribution >= 0.6 is 0 Å². The number of carbonyl (C=O) groups is 2. The predicted molar refractivity (Wildman–Crippen MR) is 92.7 cm³/mol. The smallest absolute Gasteiger partial charge is 0.456 e. The summed E-state index contributed by atoms with van der Waals surface area (Å²) in [5.74, 6) is -1.46. The number of amides is 1. The van der Waals surface area contributed by atoms with Crippen molar-refractivity contribution in [1.29, 1.82) is 0 Å². The Hall–Kier alpha value is -2.33. The van der Waals surface area contributed by atoms with Crippen LogP contribution in [0.5, 0.6) is 0 Å². The maximum Gasteiger partial charge on any atom is 0.477 e. The van der Waals surface area contributed by atoms with Crippen LogP contribution in [0.3, 0.4) is 0 Å². The van der Waals surface area contributed by atoms with E-state index in [2.05, 4.69) is 9.82 Å². The molecule has 0 N–H and O–H groups in total. The Bertz CT molecular complexity index is 704. The molecule has 10 heteroatoms. The van der Waals surface area contributed by atoms with Crippen LogP contribution in [0.2, 0.25) is 0 Å². The molecule has 2 aliphatic rings. The minimum atomic E-state index is -4.27. The van der Waals surface area contributed by atoms with Gasteiger partial charge in [0.15, 0.2) is 0 Å². The van der Waals surface area contributed by atoms with Gasteiger partial charge in [-0.05, 0) is 38.8 Å². The lowest BCUT2D eigenvalue weighted by atomic mass is 9.98. The summed E-state index contributed by atoms with van der Waals surface area (Å²) in [4.78, 5) is 33.6. The van der Waals surface area contributed by atoms with Crippen LogP contribution < -0.4 is 0 Å². The minimum absolute atomic E-state index is 0.120. The Labute approximate surface area is 161 Å². The summed E-state index contributed by atoms with van der Waals surface area (Å²) < 4.78 is 38.7. The van der Waals surface area contributed by atoms with Gasteiger partial charge in [-0.3, -0.25) is 9.69 Å². The third kappa shape index (κ3) is 4.93. The average Bonchev–Trinajstić information content (AvgIpc) is 3.21. The molecule has 1 unspecified atom stereocenters. The molecule has 1 fully saturated rings. The second-order valence-electron chi connectivity index (χ2n) is 7.03. The van der Waals surface area contributed by atoms with E-state index in [1.54, 1.807) is 18.0 Å². The van der Waals surface area contributed by atoms with Crippen LogP contribution in [0.15, 0.2) is 23.0 Å². The first-order chi connectivity index (χ1) is 13.4. The zero-order valence-electron chi connectivity index (χ0n) is 15.6. The van der Waals surface area contributed by atoms with Crippen LogP contribution in [0.1, 0.15) is 38.0 Å². The first-order valence-corrected chi connectivity index (χ1v) is 9.20. The summed E-state index contributed by atoms with van der Waals surface area (Å²) in [7, 11) is 1.75. The number of hydrogen-bond acceptors (Lipinski definition) is 7. The molecule has 154 valence electrons. The van der Waals surface area contributed by atoms with E-state index in [4.69, 9.17) is 9.15 Å². The van der Waals surface area contributed by atoms with E-state index in [9.17, 15) is 18.4 Å². The van der Waals surface area contributed by atoms with Crippen molar-refractivity contribution in [2.24, 2.45) is 0 Å². The molecule has 0 aromatic carbocycles. The Kier molecular flexibility index (Phi) is 6.40. The summed E-state index contributed by atoms with van der Waals surface area (Å²) >= 11 is 0. The van der Waals surface area contributed by atoms with Gasteiger partial charge in [-0.2, -0.15) is 13.6 Å². The fraction of sp³-hybridized carbons (Fsp3) is 0.611. The molecular weight excluding hydrogens is 376 g/mol. The van der Waals surface area contributed by atoms with Crippen molar-refractivity contribution in [1.82, 2.24) is 14.9 Å². The first-order valence-electron chi connectivity index (χ1n) is 9.20. The minimum Gasteiger partial charge on any atom is -0.456 e. The van der Waals surface area contributed by atoms with Crippen LogP contribution in [0.4, 0.5) is 8.78 Å². The topological polar surface area (TPSA) is 85.1 Å². The summed E-state index contributed by atoms with van der Waals surface area (Å²) in [6.45, 7) is 0.695. The maximum absolute atomic E-state index is 14.3. The number of aromatic nitrogens is 1. The summed E-state index contributed by atoms with van der Waals surface area (Å²) in [6, 6.07) is -0.855. The Morgan fingerprint density at radius 1 is 1.39 bits per heavy atom.